The van der Waals surface area contributed by atoms with Gasteiger partial charge in [-0.25, -0.2) is 0 Å². The van der Waals surface area contributed by atoms with Crippen molar-refractivity contribution >= 4 is 5.97 Å². The third kappa shape index (κ3) is 4.72. The first-order valence-corrected chi connectivity index (χ1v) is 7.72. The van der Waals surface area contributed by atoms with Crippen LogP contribution in [0.1, 0.15) is 40.5 Å². The lowest BCUT2D eigenvalue weighted by Crippen LogP contribution is -2.60. The molecule has 1 aliphatic heterocycles. The molecular formula is C15H31N3O2. The molecule has 0 bridgehead atoms. The zero-order chi connectivity index (χ0) is 15.3. The van der Waals surface area contributed by atoms with Gasteiger partial charge in [0.05, 0.1) is 0 Å². The minimum atomic E-state index is -0.884. The van der Waals surface area contributed by atoms with Crippen molar-refractivity contribution in [1.82, 2.24) is 15.1 Å². The Bertz CT molecular complexity index is 322. The highest BCUT2D eigenvalue weighted by Gasteiger charge is 2.37. The van der Waals surface area contributed by atoms with Crippen LogP contribution >= 0.6 is 0 Å². The maximum absolute atomic E-state index is 11.7. The van der Waals surface area contributed by atoms with E-state index in [9.17, 15) is 9.90 Å². The summed E-state index contributed by atoms with van der Waals surface area (Å²) in [5.41, 5.74) is -0.884. The van der Waals surface area contributed by atoms with Crippen molar-refractivity contribution in [3.63, 3.8) is 0 Å². The average molecular weight is 285 g/mol. The molecule has 1 rings (SSSR count). The van der Waals surface area contributed by atoms with Crippen molar-refractivity contribution in [3.8, 4) is 0 Å². The van der Waals surface area contributed by atoms with Gasteiger partial charge in [0.25, 0.3) is 0 Å². The van der Waals surface area contributed by atoms with Crippen LogP contribution in [0.4, 0.5) is 0 Å². The third-order valence-electron chi connectivity index (χ3n) is 4.09. The molecule has 0 radical (unpaired) electrons. The number of likely N-dealkylation sites (N-methyl/N-ethyl adjacent to an activating group) is 1. The van der Waals surface area contributed by atoms with E-state index in [0.717, 1.165) is 32.5 Å². The summed E-state index contributed by atoms with van der Waals surface area (Å²) < 4.78 is 0. The van der Waals surface area contributed by atoms with Crippen molar-refractivity contribution in [3.05, 3.63) is 0 Å². The summed E-state index contributed by atoms with van der Waals surface area (Å²) >= 11 is 0. The Labute approximate surface area is 123 Å². The number of hydrogen-bond acceptors (Lipinski definition) is 4. The zero-order valence-corrected chi connectivity index (χ0v) is 13.6. The van der Waals surface area contributed by atoms with Crippen molar-refractivity contribution in [2.75, 3.05) is 33.2 Å². The van der Waals surface area contributed by atoms with Gasteiger partial charge in [-0.05, 0) is 53.8 Å². The standard InChI is InChI=1S/C15H31N3O2/c1-6-13-10-17(5)8-7-9-18(13)11-15(4,14(19)20)16-12(2)3/h12-13,16H,6-11H2,1-5H3,(H,19,20). The summed E-state index contributed by atoms with van der Waals surface area (Å²) in [4.78, 5) is 16.4. The van der Waals surface area contributed by atoms with E-state index in [4.69, 9.17) is 0 Å². The van der Waals surface area contributed by atoms with Gasteiger partial charge in [0, 0.05) is 25.2 Å². The average Bonchev–Trinajstić information content (AvgIpc) is 2.49. The number of aliphatic carboxylic acids is 1. The van der Waals surface area contributed by atoms with E-state index in [2.05, 4.69) is 29.1 Å². The van der Waals surface area contributed by atoms with Gasteiger partial charge < -0.3 is 10.0 Å². The third-order valence-corrected chi connectivity index (χ3v) is 4.09. The lowest BCUT2D eigenvalue weighted by molar-refractivity contribution is -0.145. The van der Waals surface area contributed by atoms with Gasteiger partial charge in [-0.1, -0.05) is 6.92 Å². The lowest BCUT2D eigenvalue weighted by Gasteiger charge is -2.38. The SMILES string of the molecule is CCC1CN(C)CCCN1CC(C)(NC(C)C)C(=O)O. The topological polar surface area (TPSA) is 55.8 Å². The molecule has 1 fully saturated rings. The molecule has 0 aromatic rings. The Hall–Kier alpha value is -0.650. The minimum Gasteiger partial charge on any atom is -0.480 e. The number of hydrogen-bond donors (Lipinski definition) is 2. The highest BCUT2D eigenvalue weighted by molar-refractivity contribution is 5.78. The summed E-state index contributed by atoms with van der Waals surface area (Å²) in [6.07, 6.45) is 2.16. The summed E-state index contributed by atoms with van der Waals surface area (Å²) in [6, 6.07) is 0.598. The number of carboxylic acids is 1. The smallest absolute Gasteiger partial charge is 0.324 e. The fraction of sp³-hybridized carbons (Fsp3) is 0.933. The van der Waals surface area contributed by atoms with Gasteiger partial charge in [-0.3, -0.25) is 15.0 Å². The van der Waals surface area contributed by atoms with Crippen molar-refractivity contribution in [1.29, 1.82) is 0 Å². The molecule has 1 saturated heterocycles. The second kappa shape index (κ2) is 7.38. The van der Waals surface area contributed by atoms with Crippen molar-refractivity contribution < 1.29 is 9.90 Å². The van der Waals surface area contributed by atoms with E-state index in [0.29, 0.717) is 12.6 Å². The summed E-state index contributed by atoms with van der Waals surface area (Å²) in [5, 5.41) is 12.8. The predicted octanol–water partition coefficient (Wildman–Crippen LogP) is 1.24. The molecule has 0 aliphatic carbocycles. The largest absolute Gasteiger partial charge is 0.480 e. The van der Waals surface area contributed by atoms with Gasteiger partial charge in [0.2, 0.25) is 0 Å². The fourth-order valence-corrected chi connectivity index (χ4v) is 3.11. The van der Waals surface area contributed by atoms with E-state index >= 15 is 0 Å². The van der Waals surface area contributed by atoms with Gasteiger partial charge in [0.15, 0.2) is 0 Å². The van der Waals surface area contributed by atoms with Crippen molar-refractivity contribution in [2.45, 2.75) is 58.2 Å². The molecule has 5 nitrogen and oxygen atoms in total. The summed E-state index contributed by atoms with van der Waals surface area (Å²) in [5.74, 6) is -0.765. The molecule has 0 spiro atoms. The lowest BCUT2D eigenvalue weighted by atomic mass is 9.99. The van der Waals surface area contributed by atoms with E-state index in [-0.39, 0.29) is 6.04 Å². The van der Waals surface area contributed by atoms with Crippen LogP contribution in [0.25, 0.3) is 0 Å². The number of carbonyl (C=O) groups is 1. The maximum atomic E-state index is 11.7. The van der Waals surface area contributed by atoms with E-state index < -0.39 is 11.5 Å². The highest BCUT2D eigenvalue weighted by Crippen LogP contribution is 2.17. The van der Waals surface area contributed by atoms with Gasteiger partial charge >= 0.3 is 5.97 Å². The Kier molecular flexibility index (Phi) is 6.43. The molecule has 2 unspecified atom stereocenters. The van der Waals surface area contributed by atoms with E-state index in [1.807, 2.05) is 13.8 Å². The Balaban J connectivity index is 2.82. The molecule has 20 heavy (non-hydrogen) atoms. The molecular weight excluding hydrogens is 254 g/mol. The van der Waals surface area contributed by atoms with Crippen LogP contribution in [0.3, 0.4) is 0 Å². The molecule has 2 N–H and O–H groups in total. The number of carboxylic acid groups (broad SMARTS) is 1. The number of nitrogens with zero attached hydrogens (tertiary/aromatic N) is 2. The van der Waals surface area contributed by atoms with Crippen LogP contribution in [-0.4, -0.2) is 71.7 Å². The van der Waals surface area contributed by atoms with Gasteiger partial charge in [-0.15, -0.1) is 0 Å². The van der Waals surface area contributed by atoms with Crippen LogP contribution in [-0.2, 0) is 4.79 Å². The predicted molar refractivity (Wildman–Crippen MR) is 82.1 cm³/mol. The molecule has 118 valence electrons. The number of rotatable bonds is 6. The molecule has 0 amide bonds. The van der Waals surface area contributed by atoms with E-state index in [1.54, 1.807) is 6.92 Å². The molecule has 0 aromatic carbocycles. The minimum absolute atomic E-state index is 0.158. The fourth-order valence-electron chi connectivity index (χ4n) is 3.11. The molecule has 2 atom stereocenters. The quantitative estimate of drug-likeness (QED) is 0.769. The van der Waals surface area contributed by atoms with Crippen LogP contribution in [0, 0.1) is 0 Å². The van der Waals surface area contributed by atoms with Crippen LogP contribution in [0.15, 0.2) is 0 Å². The summed E-state index contributed by atoms with van der Waals surface area (Å²) in [7, 11) is 2.15. The Morgan fingerprint density at radius 1 is 1.45 bits per heavy atom. The second-order valence-electron chi connectivity index (χ2n) is 6.58. The van der Waals surface area contributed by atoms with E-state index in [1.165, 1.54) is 0 Å². The molecule has 1 heterocycles. The normalized spacial score (nSPS) is 25.4. The first kappa shape index (κ1) is 17.4. The highest BCUT2D eigenvalue weighted by atomic mass is 16.4. The molecule has 1 aliphatic rings. The first-order chi connectivity index (χ1) is 9.28. The zero-order valence-electron chi connectivity index (χ0n) is 13.6. The molecule has 0 aromatic heterocycles. The summed E-state index contributed by atoms with van der Waals surface area (Å²) in [6.45, 7) is 11.6. The Morgan fingerprint density at radius 2 is 2.10 bits per heavy atom. The molecule has 0 saturated carbocycles. The molecule has 5 heteroatoms. The second-order valence-corrected chi connectivity index (χ2v) is 6.58. The monoisotopic (exact) mass is 285 g/mol. The van der Waals surface area contributed by atoms with Crippen LogP contribution < -0.4 is 5.32 Å². The van der Waals surface area contributed by atoms with Crippen LogP contribution in [0.2, 0.25) is 0 Å². The van der Waals surface area contributed by atoms with Gasteiger partial charge in [-0.2, -0.15) is 0 Å². The maximum Gasteiger partial charge on any atom is 0.324 e. The van der Waals surface area contributed by atoms with Crippen LogP contribution in [0.5, 0.6) is 0 Å². The van der Waals surface area contributed by atoms with Gasteiger partial charge in [0.1, 0.15) is 5.54 Å². The number of nitrogens with one attached hydrogen (secondary N) is 1. The van der Waals surface area contributed by atoms with Crippen molar-refractivity contribution in [2.24, 2.45) is 0 Å². The Morgan fingerprint density at radius 3 is 2.60 bits per heavy atom. The first-order valence-electron chi connectivity index (χ1n) is 7.72.